The maximum atomic E-state index is 12.6. The van der Waals surface area contributed by atoms with Crippen molar-refractivity contribution in [3.8, 4) is 0 Å². The summed E-state index contributed by atoms with van der Waals surface area (Å²) in [4.78, 5) is 26.6. The number of aliphatic hydroxyl groups is 1. The summed E-state index contributed by atoms with van der Waals surface area (Å²) in [6, 6.07) is 0. The predicted molar refractivity (Wildman–Crippen MR) is 195 cm³/mol. The number of nitrogens with zero attached hydrogens (tertiary/aromatic N) is 1. The van der Waals surface area contributed by atoms with Crippen LogP contribution in [-0.4, -0.2) is 58.7 Å². The van der Waals surface area contributed by atoms with Crippen LogP contribution in [0.2, 0.25) is 0 Å². The van der Waals surface area contributed by atoms with Crippen LogP contribution in [0.25, 0.3) is 0 Å². The van der Waals surface area contributed by atoms with E-state index in [-0.39, 0.29) is 12.8 Å². The topological polar surface area (TPSA) is 151 Å². The van der Waals surface area contributed by atoms with E-state index in [1.54, 1.807) is 20.9 Å². The second-order valence-corrected chi connectivity index (χ2v) is 14.4. The molecule has 48 heavy (non-hydrogen) atoms. The average Bonchev–Trinajstić information content (AvgIpc) is 3.00. The van der Waals surface area contributed by atoms with Crippen LogP contribution >= 0.6 is 0 Å². The Morgan fingerprint density at radius 3 is 0.979 bits per heavy atom. The molecule has 0 aromatic carbocycles. The van der Waals surface area contributed by atoms with E-state index in [2.05, 4.69) is 13.8 Å². The van der Waals surface area contributed by atoms with Crippen LogP contribution in [0, 0.1) is 0 Å². The minimum atomic E-state index is -4.67. The van der Waals surface area contributed by atoms with E-state index in [0.29, 0.717) is 0 Å². The Hall–Kier alpha value is -1.27. The van der Waals surface area contributed by atoms with Gasteiger partial charge in [-0.3, -0.25) is 18.7 Å². The summed E-state index contributed by atoms with van der Waals surface area (Å²) in [5.41, 5.74) is 0. The quantitative estimate of drug-likeness (QED) is 0.0266. The van der Waals surface area contributed by atoms with Gasteiger partial charge >= 0.3 is 28.2 Å². The van der Waals surface area contributed by atoms with Gasteiger partial charge in [0.05, 0.1) is 0 Å². The lowest BCUT2D eigenvalue weighted by molar-refractivity contribution is -0.295. The highest BCUT2D eigenvalue weighted by Crippen LogP contribution is 2.23. The smallest absolute Gasteiger partial charge is 0.394 e. The largest absolute Gasteiger partial charge is 0.408 e. The number of hydrogen-bond acceptors (Lipinski definition) is 8. The number of carbonyl (C=O) groups excluding carboxylic acids is 2. The molecule has 0 spiro atoms. The minimum Gasteiger partial charge on any atom is -0.408 e. The maximum Gasteiger partial charge on any atom is 0.394 e. The lowest BCUT2D eigenvalue weighted by atomic mass is 10.0. The predicted octanol–water partition coefficient (Wildman–Crippen LogP) is 10.3. The SMILES string of the molecule is CCCCCCCCCCCCCCCC(=O)OC(C)(OC(=O)CCCCCCCCCCCCCCC)N(C)C(C)O.O=S(=O)(O)O. The van der Waals surface area contributed by atoms with Crippen molar-refractivity contribution in [1.29, 1.82) is 0 Å². The lowest BCUT2D eigenvalue weighted by Gasteiger charge is -2.38. The Morgan fingerprint density at radius 2 is 0.771 bits per heavy atom. The Kier molecular flexibility index (Phi) is 33.5. The number of esters is 2. The van der Waals surface area contributed by atoms with Crippen LogP contribution in [-0.2, 0) is 29.5 Å². The molecule has 288 valence electrons. The molecule has 3 N–H and O–H groups in total. The van der Waals surface area contributed by atoms with Crippen LogP contribution in [0.3, 0.4) is 0 Å². The summed E-state index contributed by atoms with van der Waals surface area (Å²) in [6.45, 7) is 7.63. The van der Waals surface area contributed by atoms with Gasteiger partial charge in [0.15, 0.2) is 0 Å². The van der Waals surface area contributed by atoms with E-state index in [0.717, 1.165) is 38.5 Å². The molecule has 0 saturated carbocycles. The number of carbonyl (C=O) groups is 2. The highest BCUT2D eigenvalue weighted by atomic mass is 32.3. The fraction of sp³-hybridized carbons (Fsp3) is 0.946. The van der Waals surface area contributed by atoms with Crippen molar-refractivity contribution in [3.63, 3.8) is 0 Å². The van der Waals surface area contributed by atoms with Crippen molar-refractivity contribution >= 4 is 22.3 Å². The van der Waals surface area contributed by atoms with Crippen LogP contribution in [0.15, 0.2) is 0 Å². The number of rotatable bonds is 32. The van der Waals surface area contributed by atoms with Gasteiger partial charge in [-0.15, -0.1) is 0 Å². The van der Waals surface area contributed by atoms with Gasteiger partial charge in [0.1, 0.15) is 6.23 Å². The van der Waals surface area contributed by atoms with E-state index in [4.69, 9.17) is 27.0 Å². The molecule has 1 unspecified atom stereocenters. The third kappa shape index (κ3) is 36.0. The lowest BCUT2D eigenvalue weighted by Crippen LogP contribution is -2.54. The molecule has 0 aromatic rings. The standard InChI is InChI=1S/C37H73NO5.H2O4S/c1-6-8-10-12-14-16-18-20-22-24-26-28-30-32-35(40)42-37(4,38(5)34(3)39)43-36(41)33-31-29-27-25-23-21-19-17-15-13-11-9-7-2;1-5(2,3)4/h34,39H,6-33H2,1-5H3;(H2,1,2,3,4). The van der Waals surface area contributed by atoms with Crippen molar-refractivity contribution < 1.29 is 41.7 Å². The third-order valence-electron chi connectivity index (χ3n) is 8.78. The van der Waals surface area contributed by atoms with Crippen molar-refractivity contribution in [3.05, 3.63) is 0 Å². The second-order valence-electron chi connectivity index (χ2n) is 13.5. The molecule has 0 bridgehead atoms. The van der Waals surface area contributed by atoms with Crippen molar-refractivity contribution in [2.24, 2.45) is 0 Å². The summed E-state index contributed by atoms with van der Waals surface area (Å²) in [6.07, 6.45) is 32.0. The van der Waals surface area contributed by atoms with Crippen LogP contribution < -0.4 is 0 Å². The van der Waals surface area contributed by atoms with Gasteiger partial charge in [-0.05, 0) is 26.8 Å². The molecule has 0 rings (SSSR count). The average molecular weight is 710 g/mol. The minimum absolute atomic E-state index is 0.289. The van der Waals surface area contributed by atoms with E-state index in [1.807, 2.05) is 0 Å². The Bertz CT molecular complexity index is 800. The summed E-state index contributed by atoms with van der Waals surface area (Å²) >= 11 is 0. The van der Waals surface area contributed by atoms with E-state index in [9.17, 15) is 14.7 Å². The van der Waals surface area contributed by atoms with Gasteiger partial charge in [-0.2, -0.15) is 8.42 Å². The molecule has 0 aromatic heterocycles. The summed E-state index contributed by atoms with van der Waals surface area (Å²) in [5, 5.41) is 10.1. The fourth-order valence-electron chi connectivity index (χ4n) is 5.60. The van der Waals surface area contributed by atoms with Crippen molar-refractivity contribution in [1.82, 2.24) is 4.90 Å². The van der Waals surface area contributed by atoms with Crippen molar-refractivity contribution in [2.45, 2.75) is 220 Å². The molecule has 0 saturated heterocycles. The molecule has 1 atom stereocenters. The molecule has 0 amide bonds. The van der Waals surface area contributed by atoms with Gasteiger partial charge in [0.2, 0.25) is 0 Å². The molecule has 0 aliphatic rings. The van der Waals surface area contributed by atoms with Crippen LogP contribution in [0.5, 0.6) is 0 Å². The number of aliphatic hydroxyl groups excluding tert-OH is 1. The van der Waals surface area contributed by atoms with Gasteiger partial charge in [0, 0.05) is 19.8 Å². The number of ether oxygens (including phenoxy) is 2. The van der Waals surface area contributed by atoms with Gasteiger partial charge in [0.25, 0.3) is 0 Å². The highest BCUT2D eigenvalue weighted by molar-refractivity contribution is 7.79. The molecule has 0 heterocycles. The second kappa shape index (κ2) is 32.9. The molecule has 0 aliphatic carbocycles. The maximum absolute atomic E-state index is 12.6. The first-order chi connectivity index (χ1) is 22.8. The Labute approximate surface area is 295 Å². The molecule has 0 fully saturated rings. The Balaban J connectivity index is 0. The van der Waals surface area contributed by atoms with Crippen molar-refractivity contribution in [2.75, 3.05) is 7.05 Å². The first-order valence-corrected chi connectivity index (χ1v) is 20.7. The molecular formula is C37H75NO9S. The zero-order chi connectivity index (χ0) is 36.5. The molecule has 0 aliphatic heterocycles. The van der Waals surface area contributed by atoms with Gasteiger partial charge < -0.3 is 14.6 Å². The Morgan fingerprint density at radius 1 is 0.562 bits per heavy atom. The van der Waals surface area contributed by atoms with Gasteiger partial charge in [-0.25, -0.2) is 4.90 Å². The zero-order valence-electron chi connectivity index (χ0n) is 31.5. The van der Waals surface area contributed by atoms with Gasteiger partial charge in [-0.1, -0.05) is 168 Å². The highest BCUT2D eigenvalue weighted by Gasteiger charge is 2.39. The summed E-state index contributed by atoms with van der Waals surface area (Å²) < 4.78 is 42.9. The summed E-state index contributed by atoms with van der Waals surface area (Å²) in [5.74, 6) is -2.41. The van der Waals surface area contributed by atoms with E-state index < -0.39 is 34.5 Å². The third-order valence-corrected chi connectivity index (χ3v) is 8.78. The molecule has 0 radical (unpaired) electrons. The van der Waals surface area contributed by atoms with E-state index >= 15 is 0 Å². The van der Waals surface area contributed by atoms with Crippen LogP contribution in [0.1, 0.15) is 207 Å². The monoisotopic (exact) mass is 710 g/mol. The normalized spacial score (nSPS) is 12.4. The summed E-state index contributed by atoms with van der Waals surface area (Å²) in [7, 11) is -3.07. The number of hydrogen-bond donors (Lipinski definition) is 3. The first-order valence-electron chi connectivity index (χ1n) is 19.3. The van der Waals surface area contributed by atoms with E-state index in [1.165, 1.54) is 133 Å². The first kappa shape index (κ1) is 48.8. The molecular weight excluding hydrogens is 634 g/mol. The van der Waals surface area contributed by atoms with Crippen LogP contribution in [0.4, 0.5) is 0 Å². The fourth-order valence-corrected chi connectivity index (χ4v) is 5.60. The molecule has 10 nitrogen and oxygen atoms in total. The number of unbranched alkanes of at least 4 members (excludes halogenated alkanes) is 24. The zero-order valence-corrected chi connectivity index (χ0v) is 32.3. The molecule has 11 heteroatoms.